The summed E-state index contributed by atoms with van der Waals surface area (Å²) in [5.41, 5.74) is 16.3. The molecule has 0 amide bonds. The van der Waals surface area contributed by atoms with Gasteiger partial charge in [0.25, 0.3) is 0 Å². The van der Waals surface area contributed by atoms with E-state index in [1.54, 1.807) is 0 Å². The molecule has 0 saturated heterocycles. The van der Waals surface area contributed by atoms with Gasteiger partial charge in [-0.15, -0.1) is 0 Å². The van der Waals surface area contributed by atoms with E-state index in [0.717, 1.165) is 33.9 Å². The predicted molar refractivity (Wildman–Crippen MR) is 290 cm³/mol. The van der Waals surface area contributed by atoms with Crippen LogP contribution in [0.3, 0.4) is 0 Å². The number of anilines is 3. The first kappa shape index (κ1) is 39.4. The number of rotatable bonds is 8. The van der Waals surface area contributed by atoms with Crippen molar-refractivity contribution in [2.45, 2.75) is 0 Å². The lowest BCUT2D eigenvalue weighted by Crippen LogP contribution is -2.11. The highest BCUT2D eigenvalue weighted by atomic mass is 15.1. The smallest absolute Gasteiger partial charge is 0.0546 e. The van der Waals surface area contributed by atoms with Crippen molar-refractivity contribution in [3.8, 4) is 50.2 Å². The molecular formula is C66H44N2. The van der Waals surface area contributed by atoms with Gasteiger partial charge in [-0.1, -0.05) is 218 Å². The van der Waals surface area contributed by atoms with Crippen LogP contribution in [0.15, 0.2) is 267 Å². The Labute approximate surface area is 395 Å². The molecule has 0 aliphatic rings. The van der Waals surface area contributed by atoms with Crippen molar-refractivity contribution >= 4 is 71.2 Å². The molecule has 68 heavy (non-hydrogen) atoms. The lowest BCUT2D eigenvalue weighted by atomic mass is 9.92. The third kappa shape index (κ3) is 6.65. The maximum Gasteiger partial charge on any atom is 0.0546 e. The molecular weight excluding hydrogens is 821 g/mol. The van der Waals surface area contributed by atoms with E-state index in [0.29, 0.717) is 0 Å². The van der Waals surface area contributed by atoms with Crippen molar-refractivity contribution in [1.29, 1.82) is 0 Å². The van der Waals surface area contributed by atoms with Gasteiger partial charge in [-0.25, -0.2) is 0 Å². The zero-order chi connectivity index (χ0) is 45.0. The SMILES string of the molecule is c1ccc(-c2ccc(-c3ccc(N(c4cccc(-c5cccc6ccccc56)c4)c4ccc(-c5cccc6ccccc56)c5ccccc45)cc3)c(-n3c4ccccc4c4ccccc43)c2)cc1. The molecule has 0 saturated carbocycles. The summed E-state index contributed by atoms with van der Waals surface area (Å²) in [5.74, 6) is 0. The topological polar surface area (TPSA) is 8.17 Å². The minimum absolute atomic E-state index is 1.08. The Morgan fingerprint density at radius 1 is 0.250 bits per heavy atom. The molecule has 1 aromatic heterocycles. The van der Waals surface area contributed by atoms with Crippen LogP contribution in [0.2, 0.25) is 0 Å². The van der Waals surface area contributed by atoms with Crippen molar-refractivity contribution < 1.29 is 0 Å². The van der Waals surface area contributed by atoms with Crippen LogP contribution in [0, 0.1) is 0 Å². The molecule has 13 aromatic rings. The van der Waals surface area contributed by atoms with E-state index >= 15 is 0 Å². The number of fused-ring (bicyclic) bond motifs is 6. The third-order valence-corrected chi connectivity index (χ3v) is 13.8. The highest BCUT2D eigenvalue weighted by Crippen LogP contribution is 2.45. The summed E-state index contributed by atoms with van der Waals surface area (Å²) in [7, 11) is 0. The van der Waals surface area contributed by atoms with E-state index in [-0.39, 0.29) is 0 Å². The fourth-order valence-electron chi connectivity index (χ4n) is 10.6. The van der Waals surface area contributed by atoms with Gasteiger partial charge in [-0.2, -0.15) is 0 Å². The molecule has 0 fully saturated rings. The minimum Gasteiger partial charge on any atom is -0.310 e. The zero-order valence-electron chi connectivity index (χ0n) is 37.3. The molecule has 0 spiro atoms. The summed E-state index contributed by atoms with van der Waals surface area (Å²) in [6, 6.07) is 97.6. The van der Waals surface area contributed by atoms with Crippen LogP contribution in [0.25, 0.3) is 104 Å². The normalized spacial score (nSPS) is 11.5. The molecule has 0 unspecified atom stereocenters. The maximum atomic E-state index is 2.45. The Morgan fingerprint density at radius 3 is 1.46 bits per heavy atom. The number of aromatic nitrogens is 1. The molecule has 0 bridgehead atoms. The summed E-state index contributed by atoms with van der Waals surface area (Å²) < 4.78 is 2.45. The van der Waals surface area contributed by atoms with Crippen molar-refractivity contribution in [3.05, 3.63) is 267 Å². The fraction of sp³-hybridized carbons (Fsp3) is 0. The Bertz CT molecular complexity index is 3970. The summed E-state index contributed by atoms with van der Waals surface area (Å²) >= 11 is 0. The molecule has 2 nitrogen and oxygen atoms in total. The Hall–Kier alpha value is -8.98. The second-order valence-corrected chi connectivity index (χ2v) is 17.6. The molecule has 13 rings (SSSR count). The van der Waals surface area contributed by atoms with Gasteiger partial charge in [0.05, 0.1) is 22.4 Å². The van der Waals surface area contributed by atoms with Gasteiger partial charge < -0.3 is 9.47 Å². The largest absolute Gasteiger partial charge is 0.310 e. The summed E-state index contributed by atoms with van der Waals surface area (Å²) in [4.78, 5) is 2.44. The van der Waals surface area contributed by atoms with Crippen LogP contribution in [-0.2, 0) is 0 Å². The lowest BCUT2D eigenvalue weighted by molar-refractivity contribution is 1.18. The van der Waals surface area contributed by atoms with Crippen LogP contribution in [-0.4, -0.2) is 4.57 Å². The maximum absolute atomic E-state index is 2.45. The number of hydrogen-bond donors (Lipinski definition) is 0. The first-order valence-electron chi connectivity index (χ1n) is 23.4. The van der Waals surface area contributed by atoms with Crippen LogP contribution < -0.4 is 4.90 Å². The monoisotopic (exact) mass is 864 g/mol. The van der Waals surface area contributed by atoms with Gasteiger partial charge in [0.2, 0.25) is 0 Å². The van der Waals surface area contributed by atoms with E-state index in [1.807, 2.05) is 0 Å². The first-order valence-corrected chi connectivity index (χ1v) is 23.4. The van der Waals surface area contributed by atoms with Gasteiger partial charge in [0, 0.05) is 33.1 Å². The van der Waals surface area contributed by atoms with Gasteiger partial charge in [-0.3, -0.25) is 0 Å². The highest BCUT2D eigenvalue weighted by molar-refractivity contribution is 6.12. The van der Waals surface area contributed by atoms with E-state index < -0.39 is 0 Å². The van der Waals surface area contributed by atoms with Crippen LogP contribution in [0.5, 0.6) is 0 Å². The van der Waals surface area contributed by atoms with Crippen LogP contribution in [0.1, 0.15) is 0 Å². The Morgan fingerprint density at radius 2 is 0.750 bits per heavy atom. The molecule has 2 heteroatoms. The number of nitrogens with zero attached hydrogens (tertiary/aromatic N) is 2. The minimum atomic E-state index is 1.08. The predicted octanol–water partition coefficient (Wildman–Crippen LogP) is 18.4. The second kappa shape index (κ2) is 16.5. The van der Waals surface area contributed by atoms with Crippen molar-refractivity contribution in [1.82, 2.24) is 4.57 Å². The zero-order valence-corrected chi connectivity index (χ0v) is 37.3. The second-order valence-electron chi connectivity index (χ2n) is 17.6. The standard InChI is InChI=1S/C66H44N2/c1-2-17-45(18-3-1)49-37-40-56(66(44-49)68-63-33-12-10-29-61(63)62-30-11-13-34-64(62)68)48-35-38-51(39-36-48)67(52-24-14-23-50(43-52)55-31-15-21-46-19-4-6-25-53(46)55)65-42-41-59(58-27-8-9-28-60(58)65)57-32-16-22-47-20-5-7-26-54(47)57/h1-44H. The average molecular weight is 865 g/mol. The molecule has 12 aromatic carbocycles. The molecule has 318 valence electrons. The quantitative estimate of drug-likeness (QED) is 0.148. The van der Waals surface area contributed by atoms with E-state index in [1.165, 1.54) is 87.5 Å². The molecule has 0 atom stereocenters. The Balaban J connectivity index is 1.01. The first-order chi connectivity index (χ1) is 33.7. The summed E-state index contributed by atoms with van der Waals surface area (Å²) in [6.07, 6.45) is 0. The van der Waals surface area contributed by atoms with Crippen molar-refractivity contribution in [3.63, 3.8) is 0 Å². The molecule has 0 aliphatic carbocycles. The van der Waals surface area contributed by atoms with Gasteiger partial charge in [0.1, 0.15) is 0 Å². The van der Waals surface area contributed by atoms with Crippen LogP contribution >= 0.6 is 0 Å². The van der Waals surface area contributed by atoms with E-state index in [2.05, 4.69) is 276 Å². The van der Waals surface area contributed by atoms with Gasteiger partial charge in [0.15, 0.2) is 0 Å². The molecule has 1 heterocycles. The number of hydrogen-bond acceptors (Lipinski definition) is 1. The van der Waals surface area contributed by atoms with Crippen molar-refractivity contribution in [2.24, 2.45) is 0 Å². The van der Waals surface area contributed by atoms with Gasteiger partial charge in [-0.05, 0) is 114 Å². The fourth-order valence-corrected chi connectivity index (χ4v) is 10.6. The average Bonchev–Trinajstić information content (AvgIpc) is 3.75. The Kier molecular flexibility index (Phi) is 9.54. The highest BCUT2D eigenvalue weighted by Gasteiger charge is 2.21. The number of benzene rings is 12. The van der Waals surface area contributed by atoms with Gasteiger partial charge >= 0.3 is 0 Å². The molecule has 0 N–H and O–H groups in total. The number of para-hydroxylation sites is 2. The summed E-state index contributed by atoms with van der Waals surface area (Å²) in [5, 5.41) is 9.84. The third-order valence-electron chi connectivity index (χ3n) is 13.8. The van der Waals surface area contributed by atoms with E-state index in [4.69, 9.17) is 0 Å². The van der Waals surface area contributed by atoms with Crippen molar-refractivity contribution in [2.75, 3.05) is 4.90 Å². The molecule has 0 radical (unpaired) electrons. The van der Waals surface area contributed by atoms with E-state index in [9.17, 15) is 0 Å². The van der Waals surface area contributed by atoms with Crippen LogP contribution in [0.4, 0.5) is 17.1 Å². The molecule has 0 aliphatic heterocycles. The lowest BCUT2D eigenvalue weighted by Gasteiger charge is -2.28. The summed E-state index contributed by atoms with van der Waals surface area (Å²) in [6.45, 7) is 0.